The first-order valence-corrected chi connectivity index (χ1v) is 15.6. The SMILES string of the molecule is CCOCCn1c(=NC(=O)CS(=O)(=O)CC(=O)Nc2nc(-c3ccccc3)cs2)sc2cc(C(=O)OC)ccc21. The Morgan fingerprint density at radius 2 is 1.88 bits per heavy atom. The Balaban J connectivity index is 1.48. The van der Waals surface area contributed by atoms with Crippen LogP contribution in [0.3, 0.4) is 0 Å². The van der Waals surface area contributed by atoms with E-state index in [1.165, 1.54) is 18.4 Å². The van der Waals surface area contributed by atoms with Crippen molar-refractivity contribution in [2.75, 3.05) is 37.1 Å². The van der Waals surface area contributed by atoms with Crippen LogP contribution in [0.25, 0.3) is 21.5 Å². The Kier molecular flexibility index (Phi) is 9.58. The summed E-state index contributed by atoms with van der Waals surface area (Å²) >= 11 is 2.29. The molecule has 0 radical (unpaired) electrons. The molecule has 0 aliphatic rings. The number of rotatable bonds is 11. The molecule has 2 aromatic heterocycles. The van der Waals surface area contributed by atoms with Crippen molar-refractivity contribution in [3.8, 4) is 11.3 Å². The molecule has 0 aliphatic heterocycles. The monoisotopic (exact) mass is 602 g/mol. The van der Waals surface area contributed by atoms with Gasteiger partial charge in [0.2, 0.25) is 5.91 Å². The van der Waals surface area contributed by atoms with Crippen molar-refractivity contribution >= 4 is 65.6 Å². The third-order valence-corrected chi connectivity index (χ3v) is 8.69. The summed E-state index contributed by atoms with van der Waals surface area (Å²) in [6.07, 6.45) is 0. The summed E-state index contributed by atoms with van der Waals surface area (Å²) in [4.78, 5) is 45.7. The second kappa shape index (κ2) is 13.1. The van der Waals surface area contributed by atoms with Crippen LogP contribution in [0.5, 0.6) is 0 Å². The van der Waals surface area contributed by atoms with E-state index in [9.17, 15) is 22.8 Å². The number of carbonyl (C=O) groups excluding carboxylic acids is 3. The van der Waals surface area contributed by atoms with E-state index in [4.69, 9.17) is 9.47 Å². The minimum Gasteiger partial charge on any atom is -0.465 e. The fraction of sp³-hybridized carbons (Fsp3) is 0.269. The highest BCUT2D eigenvalue weighted by molar-refractivity contribution is 7.92. The summed E-state index contributed by atoms with van der Waals surface area (Å²) in [7, 11) is -2.84. The molecule has 2 heterocycles. The number of methoxy groups -OCH3 is 1. The van der Waals surface area contributed by atoms with Crippen LogP contribution in [-0.2, 0) is 35.4 Å². The molecule has 11 nitrogen and oxygen atoms in total. The maximum absolute atomic E-state index is 12.7. The number of anilines is 1. The molecule has 2 aromatic carbocycles. The van der Waals surface area contributed by atoms with Crippen LogP contribution in [0.1, 0.15) is 17.3 Å². The molecule has 0 saturated heterocycles. The van der Waals surface area contributed by atoms with E-state index in [0.717, 1.165) is 16.9 Å². The summed E-state index contributed by atoms with van der Waals surface area (Å²) in [6.45, 7) is 3.04. The lowest BCUT2D eigenvalue weighted by Gasteiger charge is -2.06. The Morgan fingerprint density at radius 1 is 1.10 bits per heavy atom. The first-order valence-electron chi connectivity index (χ1n) is 12.1. The minimum atomic E-state index is -4.12. The molecular weight excluding hydrogens is 577 g/mol. The number of aromatic nitrogens is 2. The predicted octanol–water partition coefficient (Wildman–Crippen LogP) is 3.13. The first-order chi connectivity index (χ1) is 19.2. The number of thiazole rings is 2. The van der Waals surface area contributed by atoms with Gasteiger partial charge < -0.3 is 19.4 Å². The molecule has 4 rings (SSSR count). The van der Waals surface area contributed by atoms with E-state index < -0.39 is 39.1 Å². The fourth-order valence-electron chi connectivity index (χ4n) is 3.73. The van der Waals surface area contributed by atoms with Gasteiger partial charge in [0.05, 0.1) is 35.2 Å². The van der Waals surface area contributed by atoms with Gasteiger partial charge >= 0.3 is 5.97 Å². The van der Waals surface area contributed by atoms with Gasteiger partial charge in [-0.05, 0) is 25.1 Å². The van der Waals surface area contributed by atoms with Gasteiger partial charge in [0.1, 0.15) is 11.5 Å². The van der Waals surface area contributed by atoms with E-state index >= 15 is 0 Å². The number of nitrogens with one attached hydrogen (secondary N) is 1. The van der Waals surface area contributed by atoms with Crippen LogP contribution in [0.15, 0.2) is 58.9 Å². The average Bonchev–Trinajstić information content (AvgIpc) is 3.52. The van der Waals surface area contributed by atoms with Crippen LogP contribution >= 0.6 is 22.7 Å². The lowest BCUT2D eigenvalue weighted by molar-refractivity contribution is -0.115. The summed E-state index contributed by atoms with van der Waals surface area (Å²) in [5, 5.41) is 4.48. The average molecular weight is 603 g/mol. The molecule has 0 bridgehead atoms. The number of ether oxygens (including phenoxy) is 2. The van der Waals surface area contributed by atoms with Crippen LogP contribution in [0.2, 0.25) is 0 Å². The van der Waals surface area contributed by atoms with Gasteiger partial charge in [-0.15, -0.1) is 11.3 Å². The van der Waals surface area contributed by atoms with Crippen LogP contribution in [-0.4, -0.2) is 67.6 Å². The molecule has 210 valence electrons. The molecule has 1 N–H and O–H groups in total. The second-order valence-electron chi connectivity index (χ2n) is 8.40. The molecule has 2 amide bonds. The first kappa shape index (κ1) is 29.3. The number of benzene rings is 2. The van der Waals surface area contributed by atoms with Crippen LogP contribution < -0.4 is 10.1 Å². The summed E-state index contributed by atoms with van der Waals surface area (Å²) < 4.78 is 37.9. The van der Waals surface area contributed by atoms with Gasteiger partial charge in [-0.1, -0.05) is 41.7 Å². The zero-order valence-corrected chi connectivity index (χ0v) is 24.1. The number of fused-ring (bicyclic) bond motifs is 1. The smallest absolute Gasteiger partial charge is 0.337 e. The van der Waals surface area contributed by atoms with E-state index in [1.807, 2.05) is 37.3 Å². The fourth-order valence-corrected chi connectivity index (χ4v) is 6.59. The highest BCUT2D eigenvalue weighted by Gasteiger charge is 2.22. The standard InChI is InChI=1S/C26H26N4O7S3/c1-3-37-12-11-30-20-10-9-18(24(33)36-2)13-21(20)39-26(30)29-23(32)16-40(34,35)15-22(31)28-25-27-19(14-38-25)17-7-5-4-6-8-17/h4-10,13-14H,3,11-12,15-16H2,1-2H3,(H,27,28,31). The van der Waals surface area contributed by atoms with Crippen molar-refractivity contribution in [3.63, 3.8) is 0 Å². The molecule has 0 aliphatic carbocycles. The Hall–Kier alpha value is -3.72. The molecular formula is C26H26N4O7S3. The molecule has 0 fully saturated rings. The number of amides is 2. The number of hydrogen-bond acceptors (Lipinski definition) is 10. The highest BCUT2D eigenvalue weighted by Crippen LogP contribution is 2.24. The second-order valence-corrected chi connectivity index (χ2v) is 12.3. The lowest BCUT2D eigenvalue weighted by atomic mass is 10.2. The quantitative estimate of drug-likeness (QED) is 0.204. The molecule has 0 saturated carbocycles. The largest absolute Gasteiger partial charge is 0.465 e. The number of esters is 1. The van der Waals surface area contributed by atoms with Gasteiger partial charge in [0, 0.05) is 24.1 Å². The van der Waals surface area contributed by atoms with E-state index in [-0.39, 0.29) is 9.93 Å². The maximum Gasteiger partial charge on any atom is 0.337 e. The van der Waals surface area contributed by atoms with Crippen molar-refractivity contribution in [2.45, 2.75) is 13.5 Å². The van der Waals surface area contributed by atoms with Crippen LogP contribution in [0, 0.1) is 0 Å². The maximum atomic E-state index is 12.7. The van der Waals surface area contributed by atoms with Gasteiger partial charge in [-0.3, -0.25) is 9.59 Å². The molecule has 4 aromatic rings. The molecule has 40 heavy (non-hydrogen) atoms. The highest BCUT2D eigenvalue weighted by atomic mass is 32.2. The molecule has 0 unspecified atom stereocenters. The Labute approximate surface area is 238 Å². The third-order valence-electron chi connectivity index (χ3n) is 5.50. The topological polar surface area (TPSA) is 146 Å². The normalized spacial score (nSPS) is 12.0. The van der Waals surface area contributed by atoms with Crippen LogP contribution in [0.4, 0.5) is 5.13 Å². The van der Waals surface area contributed by atoms with Crippen molar-refractivity contribution in [2.24, 2.45) is 4.99 Å². The van der Waals surface area contributed by atoms with E-state index in [1.54, 1.807) is 28.1 Å². The summed E-state index contributed by atoms with van der Waals surface area (Å²) in [6, 6.07) is 14.3. The van der Waals surface area contributed by atoms with Gasteiger partial charge in [-0.25, -0.2) is 18.2 Å². The minimum absolute atomic E-state index is 0.248. The number of carbonyl (C=O) groups is 3. The van der Waals surface area contributed by atoms with Gasteiger partial charge in [0.15, 0.2) is 19.8 Å². The van der Waals surface area contributed by atoms with Crippen molar-refractivity contribution < 1.29 is 32.3 Å². The zero-order valence-electron chi connectivity index (χ0n) is 21.7. The summed E-state index contributed by atoms with van der Waals surface area (Å²) in [5.74, 6) is -4.07. The molecule has 14 heteroatoms. The Bertz CT molecular complexity index is 1710. The third kappa shape index (κ3) is 7.47. The zero-order chi connectivity index (χ0) is 28.7. The summed E-state index contributed by atoms with van der Waals surface area (Å²) in [5.41, 5.74) is 2.54. The van der Waals surface area contributed by atoms with E-state index in [0.29, 0.717) is 41.2 Å². The number of nitrogens with zero attached hydrogens (tertiary/aromatic N) is 3. The van der Waals surface area contributed by atoms with E-state index in [2.05, 4.69) is 15.3 Å². The van der Waals surface area contributed by atoms with Crippen molar-refractivity contribution in [1.29, 1.82) is 0 Å². The number of sulfone groups is 1. The van der Waals surface area contributed by atoms with Gasteiger partial charge in [0.25, 0.3) is 5.91 Å². The molecule has 0 atom stereocenters. The van der Waals surface area contributed by atoms with Crippen molar-refractivity contribution in [1.82, 2.24) is 9.55 Å². The molecule has 0 spiro atoms. The predicted molar refractivity (Wildman–Crippen MR) is 153 cm³/mol. The van der Waals surface area contributed by atoms with Gasteiger partial charge in [-0.2, -0.15) is 4.99 Å². The Morgan fingerprint density at radius 3 is 2.60 bits per heavy atom. The lowest BCUT2D eigenvalue weighted by Crippen LogP contribution is -2.28. The van der Waals surface area contributed by atoms with Crippen molar-refractivity contribution in [3.05, 3.63) is 64.3 Å². The number of hydrogen-bond donors (Lipinski definition) is 1.